The molecule has 0 amide bonds. The Labute approximate surface area is 162 Å². The van der Waals surface area contributed by atoms with Crippen LogP contribution in [0.25, 0.3) is 10.8 Å². The third kappa shape index (κ3) is 3.85. The van der Waals surface area contributed by atoms with Crippen LogP contribution < -0.4 is 0 Å². The molecule has 0 bridgehead atoms. The van der Waals surface area contributed by atoms with Crippen LogP contribution in [0.1, 0.15) is 34.3 Å². The number of carbonyl (C=O) groups excluding carboxylic acids is 1. The fourth-order valence-corrected chi connectivity index (χ4v) is 3.59. The first-order valence-electron chi connectivity index (χ1n) is 8.40. The topological polar surface area (TPSA) is 91.7 Å². The molecule has 0 spiro atoms. The predicted octanol–water partition coefficient (Wildman–Crippen LogP) is 4.36. The van der Waals surface area contributed by atoms with Gasteiger partial charge in [-0.3, -0.25) is 9.59 Å². The molecule has 7 heteroatoms. The molecule has 3 aromatic carbocycles. The van der Waals surface area contributed by atoms with Crippen LogP contribution in [0.4, 0.5) is 4.39 Å². The fourth-order valence-electron chi connectivity index (χ4n) is 2.95. The van der Waals surface area contributed by atoms with E-state index in [0.29, 0.717) is 16.3 Å². The molecule has 0 aliphatic rings. The zero-order chi connectivity index (χ0) is 20.6. The molecular weight excluding hydrogens is 383 g/mol. The van der Waals surface area contributed by atoms with E-state index in [4.69, 9.17) is 0 Å². The van der Waals surface area contributed by atoms with Crippen molar-refractivity contribution in [1.29, 1.82) is 0 Å². The van der Waals surface area contributed by atoms with Gasteiger partial charge in [-0.1, -0.05) is 16.3 Å². The number of hydrogen-bond acceptors (Lipinski definition) is 3. The van der Waals surface area contributed by atoms with Crippen molar-refractivity contribution in [1.82, 2.24) is 0 Å². The monoisotopic (exact) mass is 401 g/mol. The Bertz CT molecular complexity index is 1130. The van der Waals surface area contributed by atoms with Crippen molar-refractivity contribution in [2.24, 2.45) is 0 Å². The van der Waals surface area contributed by atoms with Crippen molar-refractivity contribution in [3.63, 3.8) is 0 Å². The Morgan fingerprint density at radius 2 is 1.68 bits per heavy atom. The lowest BCUT2D eigenvalue weighted by atomic mass is 9.91. The molecule has 28 heavy (non-hydrogen) atoms. The first-order chi connectivity index (χ1) is 13.1. The Balaban J connectivity index is 2.17. The molecular formula is C21H18FO5S+. The molecule has 2 unspecified atom stereocenters. The van der Waals surface area contributed by atoms with Gasteiger partial charge in [-0.05, 0) is 65.7 Å². The summed E-state index contributed by atoms with van der Waals surface area (Å²) in [5.41, 5.74) is 0.852. The van der Waals surface area contributed by atoms with Crippen molar-refractivity contribution >= 4 is 32.7 Å². The van der Waals surface area contributed by atoms with E-state index in [9.17, 15) is 27.8 Å². The second kappa shape index (κ2) is 7.26. The van der Waals surface area contributed by atoms with Gasteiger partial charge in [0.1, 0.15) is 12.1 Å². The summed E-state index contributed by atoms with van der Waals surface area (Å²) in [6.07, 6.45) is 1.18. The number of rotatable bonds is 5. The SMILES string of the molecule is CC(C(=O)O)c1cc(C(=O)c2ccc([S+](C)(=O)O)cc2)c2cc(F)ccc2c1. The zero-order valence-corrected chi connectivity index (χ0v) is 16.0. The van der Waals surface area contributed by atoms with Gasteiger partial charge in [0.25, 0.3) is 0 Å². The Morgan fingerprint density at radius 1 is 1.04 bits per heavy atom. The average Bonchev–Trinajstić information content (AvgIpc) is 2.65. The van der Waals surface area contributed by atoms with Gasteiger partial charge in [0.15, 0.2) is 10.7 Å². The molecule has 0 aliphatic carbocycles. The van der Waals surface area contributed by atoms with Crippen molar-refractivity contribution in [3.05, 3.63) is 77.1 Å². The van der Waals surface area contributed by atoms with Crippen molar-refractivity contribution in [2.75, 3.05) is 6.26 Å². The highest BCUT2D eigenvalue weighted by molar-refractivity contribution is 7.97. The van der Waals surface area contributed by atoms with Crippen molar-refractivity contribution in [2.45, 2.75) is 17.7 Å². The molecule has 0 saturated carbocycles. The fraction of sp³-hybridized carbons (Fsp3) is 0.143. The third-order valence-electron chi connectivity index (χ3n) is 4.61. The standard InChI is InChI=1S/C21H17FO5S/c1-12(21(24)25)15-9-14-3-6-16(22)11-18(14)19(10-15)20(23)13-4-7-17(8-5-13)28(2,26)27/h3-12H,1-2H3,(H-,24,25,26,27)/p+1. The van der Waals surface area contributed by atoms with Crippen LogP contribution in [0.15, 0.2) is 59.5 Å². The van der Waals surface area contributed by atoms with Gasteiger partial charge in [0, 0.05) is 11.1 Å². The maximum Gasteiger partial charge on any atom is 0.310 e. The van der Waals surface area contributed by atoms with E-state index in [-0.39, 0.29) is 16.0 Å². The number of carboxylic acid groups (broad SMARTS) is 1. The van der Waals surface area contributed by atoms with Crippen LogP contribution in [-0.2, 0) is 19.2 Å². The first-order valence-corrected chi connectivity index (χ1v) is 10.3. The summed E-state index contributed by atoms with van der Waals surface area (Å²) >= 11 is 0. The molecule has 0 aliphatic heterocycles. The average molecular weight is 401 g/mol. The van der Waals surface area contributed by atoms with Gasteiger partial charge in [-0.2, -0.15) is 4.55 Å². The van der Waals surface area contributed by atoms with E-state index in [1.54, 1.807) is 6.07 Å². The van der Waals surface area contributed by atoms with Gasteiger partial charge >= 0.3 is 5.97 Å². The minimum absolute atomic E-state index is 0.175. The molecule has 0 aromatic heterocycles. The summed E-state index contributed by atoms with van der Waals surface area (Å²) in [5.74, 6) is -2.82. The summed E-state index contributed by atoms with van der Waals surface area (Å²) in [6.45, 7) is 1.51. The number of ketones is 1. The van der Waals surface area contributed by atoms with E-state index >= 15 is 0 Å². The Kier molecular flexibility index (Phi) is 5.14. The highest BCUT2D eigenvalue weighted by atomic mass is 32.3. The van der Waals surface area contributed by atoms with Crippen LogP contribution in [0, 0.1) is 5.82 Å². The van der Waals surface area contributed by atoms with Crippen molar-refractivity contribution in [3.8, 4) is 0 Å². The van der Waals surface area contributed by atoms with Gasteiger partial charge in [0.05, 0.1) is 5.92 Å². The largest absolute Gasteiger partial charge is 0.481 e. The van der Waals surface area contributed by atoms with E-state index in [2.05, 4.69) is 0 Å². The summed E-state index contributed by atoms with van der Waals surface area (Å²) in [4.78, 5) is 24.6. The summed E-state index contributed by atoms with van der Waals surface area (Å²) in [5, 5.41) is 10.2. The molecule has 5 nitrogen and oxygen atoms in total. The van der Waals surface area contributed by atoms with Crippen LogP contribution >= 0.6 is 0 Å². The molecule has 0 heterocycles. The highest BCUT2D eigenvalue weighted by Crippen LogP contribution is 2.29. The normalized spacial score (nSPS) is 14.4. The number of benzene rings is 3. The minimum Gasteiger partial charge on any atom is -0.481 e. The van der Waals surface area contributed by atoms with Gasteiger partial charge in [0.2, 0.25) is 10.2 Å². The second-order valence-electron chi connectivity index (χ2n) is 6.65. The van der Waals surface area contributed by atoms with Gasteiger partial charge in [-0.25, -0.2) is 4.39 Å². The van der Waals surface area contributed by atoms with Crippen LogP contribution in [0.5, 0.6) is 0 Å². The molecule has 3 aromatic rings. The van der Waals surface area contributed by atoms with Gasteiger partial charge < -0.3 is 5.11 Å². The number of carboxylic acids is 1. The van der Waals surface area contributed by atoms with E-state index in [1.165, 1.54) is 61.7 Å². The molecule has 2 N–H and O–H groups in total. The number of hydrogen-bond donors (Lipinski definition) is 2. The Hall–Kier alpha value is -2.90. The van der Waals surface area contributed by atoms with E-state index < -0.39 is 33.7 Å². The molecule has 0 fully saturated rings. The summed E-state index contributed by atoms with van der Waals surface area (Å²) < 4.78 is 35.1. The predicted molar refractivity (Wildman–Crippen MR) is 105 cm³/mol. The molecule has 0 saturated heterocycles. The molecule has 144 valence electrons. The third-order valence-corrected chi connectivity index (χ3v) is 5.75. The molecule has 2 atom stereocenters. The maximum absolute atomic E-state index is 13.8. The van der Waals surface area contributed by atoms with Crippen LogP contribution in [0.3, 0.4) is 0 Å². The number of carbonyl (C=O) groups is 2. The smallest absolute Gasteiger partial charge is 0.310 e. The first kappa shape index (κ1) is 19.9. The number of halogens is 1. The molecule has 0 radical (unpaired) electrons. The summed E-state index contributed by atoms with van der Waals surface area (Å²) in [7, 11) is -3.15. The number of fused-ring (bicyclic) bond motifs is 1. The quantitative estimate of drug-likeness (QED) is 0.490. The van der Waals surface area contributed by atoms with E-state index in [1.807, 2.05) is 0 Å². The van der Waals surface area contributed by atoms with Crippen LogP contribution in [-0.4, -0.2) is 27.7 Å². The van der Waals surface area contributed by atoms with Crippen molar-refractivity contribution < 1.29 is 27.8 Å². The minimum atomic E-state index is -3.15. The maximum atomic E-state index is 13.8. The lowest BCUT2D eigenvalue weighted by Crippen LogP contribution is -2.10. The van der Waals surface area contributed by atoms with Crippen LogP contribution in [0.2, 0.25) is 0 Å². The molecule has 3 rings (SSSR count). The lowest BCUT2D eigenvalue weighted by Gasteiger charge is -2.13. The van der Waals surface area contributed by atoms with Gasteiger partial charge in [-0.15, -0.1) is 0 Å². The van der Waals surface area contributed by atoms with E-state index in [0.717, 1.165) is 0 Å². The lowest BCUT2D eigenvalue weighted by molar-refractivity contribution is -0.138. The number of aliphatic carboxylic acids is 1. The summed E-state index contributed by atoms with van der Waals surface area (Å²) in [6, 6.07) is 12.7. The Morgan fingerprint density at radius 3 is 2.25 bits per heavy atom. The second-order valence-corrected chi connectivity index (χ2v) is 8.73. The highest BCUT2D eigenvalue weighted by Gasteiger charge is 2.23. The zero-order valence-electron chi connectivity index (χ0n) is 15.2.